The SMILES string of the molecule is O=C1CC(C(=O)NC2C3CC4CC(C3)CC2C4)c2ccccc21. The summed E-state index contributed by atoms with van der Waals surface area (Å²) in [5.74, 6) is 3.13. The number of carbonyl (C=O) groups excluding carboxylic acids is 2. The quantitative estimate of drug-likeness (QED) is 0.911. The second kappa shape index (κ2) is 4.93. The number of carbonyl (C=O) groups is 2. The number of hydrogen-bond donors (Lipinski definition) is 1. The molecule has 0 spiro atoms. The van der Waals surface area contributed by atoms with Gasteiger partial charge in [0, 0.05) is 18.0 Å². The number of benzene rings is 1. The lowest BCUT2D eigenvalue weighted by Gasteiger charge is -2.54. The minimum atomic E-state index is -0.268. The van der Waals surface area contributed by atoms with Gasteiger partial charge in [-0.3, -0.25) is 9.59 Å². The average Bonchev–Trinajstić information content (AvgIpc) is 2.88. The molecule has 1 atom stereocenters. The summed E-state index contributed by atoms with van der Waals surface area (Å²) in [7, 11) is 0. The van der Waals surface area contributed by atoms with Gasteiger partial charge >= 0.3 is 0 Å². The number of ketones is 1. The van der Waals surface area contributed by atoms with E-state index in [-0.39, 0.29) is 17.6 Å². The highest BCUT2D eigenvalue weighted by atomic mass is 16.2. The van der Waals surface area contributed by atoms with Gasteiger partial charge < -0.3 is 5.32 Å². The van der Waals surface area contributed by atoms with Crippen molar-refractivity contribution < 1.29 is 9.59 Å². The van der Waals surface area contributed by atoms with Crippen molar-refractivity contribution in [2.45, 2.75) is 50.5 Å². The smallest absolute Gasteiger partial charge is 0.228 e. The van der Waals surface area contributed by atoms with E-state index in [1.807, 2.05) is 24.3 Å². The monoisotopic (exact) mass is 309 g/mol. The fourth-order valence-corrected chi connectivity index (χ4v) is 6.12. The van der Waals surface area contributed by atoms with Gasteiger partial charge in [0.15, 0.2) is 5.78 Å². The molecule has 0 saturated heterocycles. The predicted molar refractivity (Wildman–Crippen MR) is 87.1 cm³/mol. The van der Waals surface area contributed by atoms with Crippen LogP contribution in [0.5, 0.6) is 0 Å². The molecule has 0 aliphatic heterocycles. The Balaban J connectivity index is 1.36. The van der Waals surface area contributed by atoms with E-state index in [1.165, 1.54) is 32.1 Å². The lowest BCUT2D eigenvalue weighted by atomic mass is 9.54. The molecule has 1 aromatic carbocycles. The molecule has 3 nitrogen and oxygen atoms in total. The summed E-state index contributed by atoms with van der Waals surface area (Å²) in [5.41, 5.74) is 1.68. The number of Topliss-reactive ketones (excluding diaryl/α,β-unsaturated/α-hetero) is 1. The van der Waals surface area contributed by atoms with Crippen molar-refractivity contribution in [3.05, 3.63) is 35.4 Å². The van der Waals surface area contributed by atoms with Gasteiger partial charge in [-0.15, -0.1) is 0 Å². The van der Waals surface area contributed by atoms with Crippen LogP contribution in [0.3, 0.4) is 0 Å². The topological polar surface area (TPSA) is 46.2 Å². The summed E-state index contributed by atoms with van der Waals surface area (Å²) in [6.07, 6.45) is 6.99. The van der Waals surface area contributed by atoms with Gasteiger partial charge in [-0.1, -0.05) is 24.3 Å². The first-order valence-electron chi connectivity index (χ1n) is 9.11. The van der Waals surface area contributed by atoms with Crippen molar-refractivity contribution in [3.63, 3.8) is 0 Å². The number of hydrogen-bond acceptors (Lipinski definition) is 2. The van der Waals surface area contributed by atoms with Crippen molar-refractivity contribution in [3.8, 4) is 0 Å². The molecule has 23 heavy (non-hydrogen) atoms. The zero-order valence-electron chi connectivity index (χ0n) is 13.3. The van der Waals surface area contributed by atoms with Gasteiger partial charge in [-0.05, 0) is 61.3 Å². The van der Waals surface area contributed by atoms with Crippen LogP contribution in [0.1, 0.15) is 60.4 Å². The van der Waals surface area contributed by atoms with E-state index in [1.54, 1.807) is 0 Å². The normalized spacial score (nSPS) is 40.3. The van der Waals surface area contributed by atoms with Crippen LogP contribution < -0.4 is 5.32 Å². The highest BCUT2D eigenvalue weighted by Gasteiger charge is 2.49. The van der Waals surface area contributed by atoms with E-state index in [9.17, 15) is 9.59 Å². The Labute approximate surface area is 136 Å². The van der Waals surface area contributed by atoms with Gasteiger partial charge in [-0.2, -0.15) is 0 Å². The maximum absolute atomic E-state index is 12.9. The molecule has 120 valence electrons. The van der Waals surface area contributed by atoms with Gasteiger partial charge in [-0.25, -0.2) is 0 Å². The molecule has 0 aromatic heterocycles. The summed E-state index contributed by atoms with van der Waals surface area (Å²) >= 11 is 0. The molecule has 4 fully saturated rings. The molecule has 1 amide bonds. The second-order valence-corrected chi connectivity index (χ2v) is 8.23. The Hall–Kier alpha value is -1.64. The summed E-state index contributed by atoms with van der Waals surface area (Å²) in [6.45, 7) is 0. The molecule has 1 N–H and O–H groups in total. The standard InChI is InChI=1S/C20H23NO2/c22-18-10-17(15-3-1-2-4-16(15)18)20(23)21-19-13-6-11-5-12(8-13)9-14(19)7-11/h1-4,11-14,17,19H,5-10H2,(H,21,23). The largest absolute Gasteiger partial charge is 0.352 e. The summed E-state index contributed by atoms with van der Waals surface area (Å²) in [6, 6.07) is 7.98. The van der Waals surface area contributed by atoms with Crippen molar-refractivity contribution in [2.75, 3.05) is 0 Å². The Morgan fingerprint density at radius 1 is 0.957 bits per heavy atom. The fraction of sp³-hybridized carbons (Fsp3) is 0.600. The third-order valence-electron chi connectivity index (χ3n) is 6.88. The first kappa shape index (κ1) is 13.8. The first-order chi connectivity index (χ1) is 11.2. The van der Waals surface area contributed by atoms with Gasteiger partial charge in [0.25, 0.3) is 0 Å². The molecule has 1 unspecified atom stereocenters. The molecular formula is C20H23NO2. The maximum Gasteiger partial charge on any atom is 0.228 e. The molecule has 5 aliphatic rings. The molecule has 4 saturated carbocycles. The minimum absolute atomic E-state index is 0.0840. The predicted octanol–water partition coefficient (Wildman–Crippen LogP) is 3.30. The maximum atomic E-state index is 12.9. The molecule has 1 aromatic rings. The summed E-state index contributed by atoms with van der Waals surface area (Å²) in [4.78, 5) is 25.0. The van der Waals surface area contributed by atoms with Crippen LogP contribution in [0.4, 0.5) is 0 Å². The van der Waals surface area contributed by atoms with Crippen molar-refractivity contribution in [2.24, 2.45) is 23.7 Å². The van der Waals surface area contributed by atoms with E-state index >= 15 is 0 Å². The van der Waals surface area contributed by atoms with Crippen LogP contribution in [-0.2, 0) is 4.79 Å². The molecule has 0 radical (unpaired) electrons. The van der Waals surface area contributed by atoms with E-state index in [2.05, 4.69) is 5.32 Å². The Morgan fingerprint density at radius 3 is 2.30 bits per heavy atom. The van der Waals surface area contributed by atoms with Crippen molar-refractivity contribution in [1.82, 2.24) is 5.32 Å². The Morgan fingerprint density at radius 2 is 1.61 bits per heavy atom. The second-order valence-electron chi connectivity index (χ2n) is 8.23. The number of fused-ring (bicyclic) bond motifs is 1. The summed E-state index contributed by atoms with van der Waals surface area (Å²) < 4.78 is 0. The van der Waals surface area contributed by atoms with Gasteiger partial charge in [0.05, 0.1) is 5.92 Å². The molecule has 5 aliphatic carbocycles. The molecule has 6 rings (SSSR count). The van der Waals surface area contributed by atoms with Crippen LogP contribution >= 0.6 is 0 Å². The summed E-state index contributed by atoms with van der Waals surface area (Å²) in [5, 5.41) is 3.37. The van der Waals surface area contributed by atoms with Crippen molar-refractivity contribution in [1.29, 1.82) is 0 Å². The molecular weight excluding hydrogens is 286 g/mol. The van der Waals surface area contributed by atoms with E-state index in [4.69, 9.17) is 0 Å². The van der Waals surface area contributed by atoms with E-state index < -0.39 is 0 Å². The Bertz CT molecular complexity index is 652. The van der Waals surface area contributed by atoms with Crippen molar-refractivity contribution >= 4 is 11.7 Å². The highest BCUT2D eigenvalue weighted by molar-refractivity contribution is 6.06. The molecule has 4 bridgehead atoms. The molecule has 3 heteroatoms. The third kappa shape index (κ3) is 2.09. The number of amides is 1. The van der Waals surface area contributed by atoms with Crippen LogP contribution in [0.2, 0.25) is 0 Å². The van der Waals surface area contributed by atoms with Crippen LogP contribution in [0, 0.1) is 23.7 Å². The Kier molecular flexibility index (Phi) is 2.95. The lowest BCUT2D eigenvalue weighted by molar-refractivity contribution is -0.126. The van der Waals surface area contributed by atoms with Crippen LogP contribution in [-0.4, -0.2) is 17.7 Å². The lowest BCUT2D eigenvalue weighted by Crippen LogP contribution is -2.56. The van der Waals surface area contributed by atoms with Gasteiger partial charge in [0.1, 0.15) is 0 Å². The average molecular weight is 309 g/mol. The number of nitrogens with one attached hydrogen (secondary N) is 1. The van der Waals surface area contributed by atoms with Crippen LogP contribution in [0.25, 0.3) is 0 Å². The highest BCUT2D eigenvalue weighted by Crippen LogP contribution is 2.53. The van der Waals surface area contributed by atoms with E-state index in [0.29, 0.717) is 24.3 Å². The zero-order chi connectivity index (χ0) is 15.6. The third-order valence-corrected chi connectivity index (χ3v) is 6.88. The van der Waals surface area contributed by atoms with Gasteiger partial charge in [0.2, 0.25) is 5.91 Å². The van der Waals surface area contributed by atoms with E-state index in [0.717, 1.165) is 23.0 Å². The fourth-order valence-electron chi connectivity index (χ4n) is 6.12. The first-order valence-corrected chi connectivity index (χ1v) is 9.11. The molecule has 0 heterocycles. The number of rotatable bonds is 2. The van der Waals surface area contributed by atoms with Crippen LogP contribution in [0.15, 0.2) is 24.3 Å². The minimum Gasteiger partial charge on any atom is -0.352 e. The zero-order valence-corrected chi connectivity index (χ0v) is 13.3.